The highest BCUT2D eigenvalue weighted by Crippen LogP contribution is 2.47. The molecule has 0 saturated carbocycles. The Morgan fingerprint density at radius 2 is 1.06 bits per heavy atom. The summed E-state index contributed by atoms with van der Waals surface area (Å²) in [5.74, 6) is 0.732. The first-order chi connectivity index (χ1) is 23.8. The summed E-state index contributed by atoms with van der Waals surface area (Å²) >= 11 is 1.89. The lowest BCUT2D eigenvalue weighted by molar-refractivity contribution is 1.19. The first-order valence-corrected chi connectivity index (χ1v) is 17.1. The molecule has 0 unspecified atom stereocenters. The summed E-state index contributed by atoms with van der Waals surface area (Å²) in [5.41, 5.74) is 7.60. The van der Waals surface area contributed by atoms with Gasteiger partial charge in [-0.15, -0.1) is 11.3 Å². The van der Waals surface area contributed by atoms with E-state index < -0.39 is 0 Å². The highest BCUT2D eigenvalue weighted by atomic mass is 32.1. The van der Waals surface area contributed by atoms with Gasteiger partial charge in [-0.25, -0.2) is 9.97 Å². The zero-order valence-electron chi connectivity index (χ0n) is 25.7. The van der Waals surface area contributed by atoms with Crippen molar-refractivity contribution in [3.05, 3.63) is 152 Å². The lowest BCUT2D eigenvalue weighted by Gasteiger charge is -2.16. The molecule has 3 nitrogen and oxygen atoms in total. The molecule has 0 aliphatic rings. The molecule has 3 heterocycles. The van der Waals surface area contributed by atoms with Crippen molar-refractivity contribution >= 4 is 85.8 Å². The summed E-state index contributed by atoms with van der Waals surface area (Å²) in [6.07, 6.45) is 0. The third kappa shape index (κ3) is 3.52. The normalized spacial score (nSPS) is 12.2. The predicted molar refractivity (Wildman–Crippen MR) is 204 cm³/mol. The summed E-state index contributed by atoms with van der Waals surface area (Å²) in [4.78, 5) is 10.4. The Kier molecular flexibility index (Phi) is 5.26. The molecule has 0 aliphatic carbocycles. The third-order valence-corrected chi connectivity index (χ3v) is 11.1. The van der Waals surface area contributed by atoms with Crippen LogP contribution in [0.15, 0.2) is 152 Å². The number of para-hydroxylation sites is 1. The fourth-order valence-corrected chi connectivity index (χ4v) is 9.09. The Bertz CT molecular complexity index is 2960. The number of fused-ring (bicyclic) bond motifs is 2. The van der Waals surface area contributed by atoms with Crippen molar-refractivity contribution in [1.82, 2.24) is 14.5 Å². The second kappa shape index (κ2) is 9.71. The SMILES string of the molecule is c1ccc(-c2nc(-c3ccc(-n4c5ccc6cccc7sc8cccc9ccc4c(c98)c5c67)c4ccccc34)nc3ccccc23)cc1. The zero-order chi connectivity index (χ0) is 31.3. The van der Waals surface area contributed by atoms with Gasteiger partial charge in [0.15, 0.2) is 5.82 Å². The van der Waals surface area contributed by atoms with E-state index in [2.05, 4.69) is 150 Å². The summed E-state index contributed by atoms with van der Waals surface area (Å²) in [7, 11) is 0. The Morgan fingerprint density at radius 1 is 0.438 bits per heavy atom. The number of hydrogen-bond donors (Lipinski definition) is 0. The van der Waals surface area contributed by atoms with Crippen LogP contribution in [0.1, 0.15) is 0 Å². The van der Waals surface area contributed by atoms with Crippen LogP contribution >= 0.6 is 11.3 Å². The van der Waals surface area contributed by atoms with Crippen molar-refractivity contribution in [2.45, 2.75) is 0 Å². The first kappa shape index (κ1) is 26.0. The molecule has 11 aromatic rings. The van der Waals surface area contributed by atoms with Crippen LogP contribution in [0.5, 0.6) is 0 Å². The molecule has 0 spiro atoms. The average molecular weight is 628 g/mol. The van der Waals surface area contributed by atoms with Crippen molar-refractivity contribution in [3.8, 4) is 28.3 Å². The lowest BCUT2D eigenvalue weighted by Crippen LogP contribution is -1.99. The van der Waals surface area contributed by atoms with Gasteiger partial charge in [0.2, 0.25) is 0 Å². The maximum atomic E-state index is 5.25. The van der Waals surface area contributed by atoms with E-state index in [0.717, 1.165) is 44.6 Å². The minimum absolute atomic E-state index is 0.732. The van der Waals surface area contributed by atoms with Gasteiger partial charge in [-0.1, -0.05) is 109 Å². The standard InChI is InChI=1S/C44H25N3S/c1-2-10-28(11-3-1)43-32-16-6-7-17-33(32)45-44(46-43)31-22-25-34(30-15-5-4-14-29(30)31)47-35-23-20-26-12-8-18-37-39(26)41(35)42-36(47)24-21-27-13-9-19-38(48-37)40(27)42/h1-25H. The van der Waals surface area contributed by atoms with E-state index in [0.29, 0.717) is 0 Å². The number of rotatable bonds is 3. The van der Waals surface area contributed by atoms with Gasteiger partial charge < -0.3 is 4.57 Å². The molecule has 0 N–H and O–H groups in total. The Hall–Kier alpha value is -6.10. The number of hydrogen-bond acceptors (Lipinski definition) is 3. The second-order valence-corrected chi connectivity index (χ2v) is 13.6. The largest absolute Gasteiger partial charge is 0.309 e. The fourth-order valence-electron chi connectivity index (χ4n) is 7.91. The van der Waals surface area contributed by atoms with E-state index in [-0.39, 0.29) is 0 Å². The van der Waals surface area contributed by atoms with E-state index in [9.17, 15) is 0 Å². The van der Waals surface area contributed by atoms with Crippen molar-refractivity contribution in [2.75, 3.05) is 0 Å². The number of nitrogens with zero attached hydrogens (tertiary/aromatic N) is 3. The minimum Gasteiger partial charge on any atom is -0.309 e. The maximum Gasteiger partial charge on any atom is 0.161 e. The van der Waals surface area contributed by atoms with Crippen LogP contribution in [0, 0.1) is 0 Å². The summed E-state index contributed by atoms with van der Waals surface area (Å²) in [5, 5.41) is 11.2. The van der Waals surface area contributed by atoms with Crippen molar-refractivity contribution in [2.24, 2.45) is 0 Å². The quantitative estimate of drug-likeness (QED) is 0.195. The molecule has 4 heteroatoms. The average Bonchev–Trinajstić information content (AvgIpc) is 3.40. The molecule has 0 radical (unpaired) electrons. The van der Waals surface area contributed by atoms with Crippen LogP contribution in [-0.4, -0.2) is 14.5 Å². The van der Waals surface area contributed by atoms with Crippen LogP contribution in [0.4, 0.5) is 0 Å². The monoisotopic (exact) mass is 627 g/mol. The molecule has 8 aromatic carbocycles. The highest BCUT2D eigenvalue weighted by Gasteiger charge is 2.22. The molecule has 11 rings (SSSR count). The third-order valence-electron chi connectivity index (χ3n) is 9.96. The summed E-state index contributed by atoms with van der Waals surface area (Å²) < 4.78 is 5.10. The van der Waals surface area contributed by atoms with Crippen LogP contribution in [0.25, 0.3) is 103 Å². The Labute approximate surface area is 279 Å². The topological polar surface area (TPSA) is 30.7 Å². The van der Waals surface area contributed by atoms with Gasteiger partial charge in [0.05, 0.1) is 27.9 Å². The molecule has 3 aromatic heterocycles. The maximum absolute atomic E-state index is 5.25. The van der Waals surface area contributed by atoms with Gasteiger partial charge >= 0.3 is 0 Å². The Morgan fingerprint density at radius 3 is 1.77 bits per heavy atom. The lowest BCUT2D eigenvalue weighted by atomic mass is 10.00. The molecule has 0 aliphatic heterocycles. The van der Waals surface area contributed by atoms with Crippen LogP contribution in [0.2, 0.25) is 0 Å². The van der Waals surface area contributed by atoms with Crippen molar-refractivity contribution < 1.29 is 0 Å². The van der Waals surface area contributed by atoms with Gasteiger partial charge in [0.1, 0.15) is 0 Å². The van der Waals surface area contributed by atoms with Gasteiger partial charge in [-0.2, -0.15) is 0 Å². The Balaban J connectivity index is 1.24. The van der Waals surface area contributed by atoms with Crippen LogP contribution in [0.3, 0.4) is 0 Å². The molecule has 0 atom stereocenters. The van der Waals surface area contributed by atoms with Gasteiger partial charge in [-0.3, -0.25) is 0 Å². The molecule has 48 heavy (non-hydrogen) atoms. The molecular formula is C44H25N3S. The van der Waals surface area contributed by atoms with Gasteiger partial charge in [-0.05, 0) is 58.6 Å². The molecule has 0 saturated heterocycles. The van der Waals surface area contributed by atoms with E-state index in [1.54, 1.807) is 0 Å². The molecule has 0 bridgehead atoms. The minimum atomic E-state index is 0.732. The summed E-state index contributed by atoms with van der Waals surface area (Å²) in [6, 6.07) is 54.5. The molecule has 0 amide bonds. The predicted octanol–water partition coefficient (Wildman–Crippen LogP) is 12.2. The van der Waals surface area contributed by atoms with E-state index in [1.807, 2.05) is 17.4 Å². The van der Waals surface area contributed by atoms with E-state index in [1.165, 1.54) is 58.1 Å². The van der Waals surface area contributed by atoms with Crippen LogP contribution < -0.4 is 0 Å². The van der Waals surface area contributed by atoms with Crippen LogP contribution in [-0.2, 0) is 0 Å². The van der Waals surface area contributed by atoms with E-state index >= 15 is 0 Å². The van der Waals surface area contributed by atoms with E-state index in [4.69, 9.17) is 9.97 Å². The molecular weight excluding hydrogens is 603 g/mol. The smallest absolute Gasteiger partial charge is 0.161 e. The summed E-state index contributed by atoms with van der Waals surface area (Å²) in [6.45, 7) is 0. The number of aromatic nitrogens is 3. The van der Waals surface area contributed by atoms with Gasteiger partial charge in [0, 0.05) is 52.8 Å². The molecule has 222 valence electrons. The van der Waals surface area contributed by atoms with Crippen molar-refractivity contribution in [3.63, 3.8) is 0 Å². The fraction of sp³-hybridized carbons (Fsp3) is 0. The highest BCUT2D eigenvalue weighted by molar-refractivity contribution is 7.24. The molecule has 0 fully saturated rings. The first-order valence-electron chi connectivity index (χ1n) is 16.3. The van der Waals surface area contributed by atoms with Gasteiger partial charge in [0.25, 0.3) is 0 Å². The number of benzene rings is 8. The van der Waals surface area contributed by atoms with Crippen molar-refractivity contribution in [1.29, 1.82) is 0 Å². The second-order valence-electron chi connectivity index (χ2n) is 12.5. The zero-order valence-corrected chi connectivity index (χ0v) is 26.5.